The minimum atomic E-state index is -0.688. The Morgan fingerprint density at radius 2 is 2.29 bits per heavy atom. The number of nitrogens with two attached hydrogens (primary N) is 1. The third-order valence-corrected chi connectivity index (χ3v) is 2.12. The van der Waals surface area contributed by atoms with Gasteiger partial charge in [0.1, 0.15) is 6.10 Å². The number of rotatable bonds is 4. The van der Waals surface area contributed by atoms with Crippen LogP contribution in [0.1, 0.15) is 18.6 Å². The predicted octanol–water partition coefficient (Wildman–Crippen LogP) is 1.99. The summed E-state index contributed by atoms with van der Waals surface area (Å²) in [5.74, 6) is 0. The Bertz CT molecular complexity index is 304. The van der Waals surface area contributed by atoms with Crippen LogP contribution in [0.2, 0.25) is 5.02 Å². The van der Waals surface area contributed by atoms with Crippen LogP contribution in [0.5, 0.6) is 0 Å². The van der Waals surface area contributed by atoms with Crippen LogP contribution in [-0.2, 0) is 4.74 Å². The van der Waals surface area contributed by atoms with E-state index < -0.39 is 6.10 Å². The number of aliphatic hydroxyl groups excluding tert-OH is 1. The highest BCUT2D eigenvalue weighted by Gasteiger charge is 2.10. The molecule has 1 unspecified atom stereocenters. The molecule has 0 amide bonds. The quantitative estimate of drug-likeness (QED) is 0.756. The molecule has 3 N–H and O–H groups in total. The lowest BCUT2D eigenvalue weighted by Gasteiger charge is -2.13. The SMILES string of the molecule is CCOCC(O)c1ccc(Cl)cc1N. The molecule has 0 heterocycles. The fraction of sp³-hybridized carbons (Fsp3) is 0.400. The third-order valence-electron chi connectivity index (χ3n) is 1.89. The Kier molecular flexibility index (Phi) is 4.20. The van der Waals surface area contributed by atoms with E-state index in [4.69, 9.17) is 22.1 Å². The number of hydrogen-bond acceptors (Lipinski definition) is 3. The second-order valence-electron chi connectivity index (χ2n) is 2.95. The average Bonchev–Trinajstić information content (AvgIpc) is 2.14. The molecule has 0 saturated carbocycles. The largest absolute Gasteiger partial charge is 0.398 e. The molecule has 3 nitrogen and oxygen atoms in total. The standard InChI is InChI=1S/C10H14ClNO2/c1-2-14-6-10(13)8-4-3-7(11)5-9(8)12/h3-5,10,13H,2,6,12H2,1H3. The van der Waals surface area contributed by atoms with Gasteiger partial charge in [0.05, 0.1) is 6.61 Å². The summed E-state index contributed by atoms with van der Waals surface area (Å²) in [6.07, 6.45) is -0.688. The van der Waals surface area contributed by atoms with Crippen LogP contribution >= 0.6 is 11.6 Å². The first-order valence-electron chi connectivity index (χ1n) is 4.46. The lowest BCUT2D eigenvalue weighted by molar-refractivity contribution is 0.0424. The van der Waals surface area contributed by atoms with Gasteiger partial charge in [-0.15, -0.1) is 0 Å². The van der Waals surface area contributed by atoms with Gasteiger partial charge in [-0.2, -0.15) is 0 Å². The zero-order valence-corrected chi connectivity index (χ0v) is 8.79. The molecule has 0 aliphatic rings. The van der Waals surface area contributed by atoms with E-state index in [2.05, 4.69) is 0 Å². The summed E-state index contributed by atoms with van der Waals surface area (Å²) >= 11 is 5.73. The minimum Gasteiger partial charge on any atom is -0.398 e. The number of hydrogen-bond donors (Lipinski definition) is 2. The lowest BCUT2D eigenvalue weighted by Crippen LogP contribution is -2.09. The van der Waals surface area contributed by atoms with Crippen molar-refractivity contribution in [2.45, 2.75) is 13.0 Å². The van der Waals surface area contributed by atoms with E-state index in [1.54, 1.807) is 18.2 Å². The first kappa shape index (κ1) is 11.3. The highest BCUT2D eigenvalue weighted by atomic mass is 35.5. The summed E-state index contributed by atoms with van der Waals surface area (Å²) in [5.41, 5.74) is 6.84. The molecule has 1 atom stereocenters. The van der Waals surface area contributed by atoms with E-state index in [9.17, 15) is 5.11 Å². The summed E-state index contributed by atoms with van der Waals surface area (Å²) in [6, 6.07) is 5.02. The summed E-state index contributed by atoms with van der Waals surface area (Å²) in [4.78, 5) is 0. The molecule has 0 fully saturated rings. The van der Waals surface area contributed by atoms with Crippen molar-refractivity contribution in [2.75, 3.05) is 18.9 Å². The third kappa shape index (κ3) is 2.87. The van der Waals surface area contributed by atoms with Crippen molar-refractivity contribution in [1.29, 1.82) is 0 Å². The molecule has 78 valence electrons. The molecule has 0 aromatic heterocycles. The van der Waals surface area contributed by atoms with E-state index in [0.29, 0.717) is 22.9 Å². The van der Waals surface area contributed by atoms with Gasteiger partial charge in [-0.1, -0.05) is 17.7 Å². The molecule has 0 spiro atoms. The molecule has 14 heavy (non-hydrogen) atoms. The maximum Gasteiger partial charge on any atom is 0.104 e. The number of benzene rings is 1. The van der Waals surface area contributed by atoms with E-state index in [0.717, 1.165) is 0 Å². The monoisotopic (exact) mass is 215 g/mol. The normalized spacial score (nSPS) is 12.8. The first-order chi connectivity index (χ1) is 6.65. The van der Waals surface area contributed by atoms with E-state index in [1.807, 2.05) is 6.92 Å². The van der Waals surface area contributed by atoms with Gasteiger partial charge in [0.15, 0.2) is 0 Å². The van der Waals surface area contributed by atoms with E-state index >= 15 is 0 Å². The number of aliphatic hydroxyl groups is 1. The van der Waals surface area contributed by atoms with Gasteiger partial charge in [0, 0.05) is 22.9 Å². The van der Waals surface area contributed by atoms with Gasteiger partial charge in [-0.05, 0) is 19.1 Å². The topological polar surface area (TPSA) is 55.5 Å². The van der Waals surface area contributed by atoms with Crippen molar-refractivity contribution >= 4 is 17.3 Å². The van der Waals surface area contributed by atoms with Crippen LogP contribution in [0.4, 0.5) is 5.69 Å². The van der Waals surface area contributed by atoms with Gasteiger partial charge in [-0.25, -0.2) is 0 Å². The molecule has 1 aromatic carbocycles. The van der Waals surface area contributed by atoms with Gasteiger partial charge in [0.2, 0.25) is 0 Å². The van der Waals surface area contributed by atoms with E-state index in [-0.39, 0.29) is 6.61 Å². The van der Waals surface area contributed by atoms with Gasteiger partial charge in [-0.3, -0.25) is 0 Å². The second-order valence-corrected chi connectivity index (χ2v) is 3.38. The average molecular weight is 216 g/mol. The second kappa shape index (κ2) is 5.20. The fourth-order valence-corrected chi connectivity index (χ4v) is 1.35. The Morgan fingerprint density at radius 1 is 1.57 bits per heavy atom. The Hall–Kier alpha value is -0.770. The Labute approximate surface area is 88.4 Å². The maximum atomic E-state index is 9.68. The van der Waals surface area contributed by atoms with Crippen molar-refractivity contribution in [3.8, 4) is 0 Å². The predicted molar refractivity (Wildman–Crippen MR) is 57.3 cm³/mol. The van der Waals surface area contributed by atoms with Crippen LogP contribution in [0.3, 0.4) is 0 Å². The number of anilines is 1. The maximum absolute atomic E-state index is 9.68. The molecule has 0 bridgehead atoms. The summed E-state index contributed by atoms with van der Waals surface area (Å²) in [5, 5.41) is 10.2. The van der Waals surface area contributed by atoms with Crippen molar-refractivity contribution < 1.29 is 9.84 Å². The molecule has 1 rings (SSSR count). The zero-order chi connectivity index (χ0) is 10.6. The van der Waals surface area contributed by atoms with Gasteiger partial charge >= 0.3 is 0 Å². The van der Waals surface area contributed by atoms with Crippen LogP contribution in [0.15, 0.2) is 18.2 Å². The molecule has 0 saturated heterocycles. The van der Waals surface area contributed by atoms with Crippen molar-refractivity contribution in [2.24, 2.45) is 0 Å². The molecule has 0 aliphatic carbocycles. The molecule has 0 aliphatic heterocycles. The molecule has 1 aromatic rings. The molecule has 0 radical (unpaired) electrons. The number of ether oxygens (including phenoxy) is 1. The summed E-state index contributed by atoms with van der Waals surface area (Å²) < 4.78 is 5.10. The number of nitrogen functional groups attached to an aromatic ring is 1. The van der Waals surface area contributed by atoms with Gasteiger partial charge in [0.25, 0.3) is 0 Å². The van der Waals surface area contributed by atoms with Crippen molar-refractivity contribution in [3.05, 3.63) is 28.8 Å². The van der Waals surface area contributed by atoms with Gasteiger partial charge < -0.3 is 15.6 Å². The van der Waals surface area contributed by atoms with Crippen molar-refractivity contribution in [1.82, 2.24) is 0 Å². The highest BCUT2D eigenvalue weighted by Crippen LogP contribution is 2.23. The number of halogens is 1. The van der Waals surface area contributed by atoms with Crippen LogP contribution in [0, 0.1) is 0 Å². The van der Waals surface area contributed by atoms with Crippen LogP contribution in [0.25, 0.3) is 0 Å². The molecule has 4 heteroatoms. The highest BCUT2D eigenvalue weighted by molar-refractivity contribution is 6.30. The zero-order valence-electron chi connectivity index (χ0n) is 8.03. The molecular weight excluding hydrogens is 202 g/mol. The van der Waals surface area contributed by atoms with E-state index in [1.165, 1.54) is 0 Å². The first-order valence-corrected chi connectivity index (χ1v) is 4.83. The fourth-order valence-electron chi connectivity index (χ4n) is 1.17. The Morgan fingerprint density at radius 3 is 2.86 bits per heavy atom. The minimum absolute atomic E-state index is 0.252. The molecular formula is C10H14ClNO2. The smallest absolute Gasteiger partial charge is 0.104 e. The Balaban J connectivity index is 2.74. The van der Waals surface area contributed by atoms with Crippen molar-refractivity contribution in [3.63, 3.8) is 0 Å². The summed E-state index contributed by atoms with van der Waals surface area (Å²) in [7, 11) is 0. The lowest BCUT2D eigenvalue weighted by atomic mass is 10.1. The van der Waals surface area contributed by atoms with Crippen LogP contribution in [-0.4, -0.2) is 18.3 Å². The summed E-state index contributed by atoms with van der Waals surface area (Å²) in [6.45, 7) is 2.70. The van der Waals surface area contributed by atoms with Crippen LogP contribution < -0.4 is 5.73 Å².